The van der Waals surface area contributed by atoms with Gasteiger partial charge in [0, 0.05) is 30.5 Å². The van der Waals surface area contributed by atoms with Crippen molar-refractivity contribution in [1.82, 2.24) is 15.0 Å². The Bertz CT molecular complexity index is 1330. The zero-order valence-corrected chi connectivity index (χ0v) is 18.1. The number of hydrogen-bond donors (Lipinski definition) is 0. The average molecular weight is 441 g/mol. The number of likely N-dealkylation sites (tertiary alicyclic amines) is 1. The molecule has 4 aromatic rings. The van der Waals surface area contributed by atoms with Crippen LogP contribution in [0.15, 0.2) is 63.7 Å². The van der Waals surface area contributed by atoms with Gasteiger partial charge in [-0.05, 0) is 31.0 Å². The van der Waals surface area contributed by atoms with Gasteiger partial charge >= 0.3 is 0 Å². The number of Topliss-reactive ketones (excluding diaryl/α,β-unsaturated/α-hetero) is 1. The van der Waals surface area contributed by atoms with Crippen LogP contribution in [0.4, 0.5) is 0 Å². The highest BCUT2D eigenvalue weighted by Crippen LogP contribution is 2.37. The van der Waals surface area contributed by atoms with Gasteiger partial charge in [0.1, 0.15) is 17.2 Å². The molecule has 1 saturated carbocycles. The van der Waals surface area contributed by atoms with Crippen molar-refractivity contribution < 1.29 is 18.5 Å². The van der Waals surface area contributed by atoms with Crippen LogP contribution in [-0.2, 0) is 4.79 Å². The van der Waals surface area contributed by atoms with E-state index >= 15 is 0 Å². The molecule has 1 saturated heterocycles. The smallest absolute Gasteiger partial charge is 0.259 e. The van der Waals surface area contributed by atoms with Gasteiger partial charge in [0.25, 0.3) is 11.6 Å². The molecule has 0 radical (unpaired) electrons. The molecule has 1 aliphatic carbocycles. The Kier molecular flexibility index (Phi) is 4.82. The summed E-state index contributed by atoms with van der Waals surface area (Å²) in [6.07, 6.45) is 5.77. The lowest BCUT2D eigenvalue weighted by atomic mass is 9.77. The lowest BCUT2D eigenvalue weighted by Gasteiger charge is -2.43. The topological polar surface area (TPSA) is 89.4 Å². The second-order valence-corrected chi connectivity index (χ2v) is 8.78. The number of rotatable bonds is 3. The highest BCUT2D eigenvalue weighted by atomic mass is 16.5. The minimum absolute atomic E-state index is 0.0530. The lowest BCUT2D eigenvalue weighted by molar-refractivity contribution is -0.129. The summed E-state index contributed by atoms with van der Waals surface area (Å²) < 4.78 is 11.2. The van der Waals surface area contributed by atoms with Crippen LogP contribution in [0.25, 0.3) is 33.8 Å². The van der Waals surface area contributed by atoms with Crippen molar-refractivity contribution >= 4 is 22.8 Å². The van der Waals surface area contributed by atoms with Gasteiger partial charge in [0.2, 0.25) is 0 Å². The van der Waals surface area contributed by atoms with E-state index in [1.54, 1.807) is 24.5 Å². The standard InChI is InChI=1S/C26H23N3O4/c30-21-12-13-29(20-10-5-4-9-17(20)21)26(31)18-15-19(22-11-6-14-32-22)27-25-23(18)24(28-33-25)16-7-2-1-3-8-16/h1-3,6-8,11,14-15,17,20H,4-5,9-10,12-13H2/t17-,20+/m1/s1. The fraction of sp³-hybridized carbons (Fsp3) is 0.308. The molecule has 0 bridgehead atoms. The Morgan fingerprint density at radius 3 is 2.73 bits per heavy atom. The number of aromatic nitrogens is 2. The average Bonchev–Trinajstić information content (AvgIpc) is 3.54. The molecular weight excluding hydrogens is 418 g/mol. The molecule has 166 valence electrons. The first-order valence-corrected chi connectivity index (χ1v) is 11.4. The molecule has 1 aliphatic heterocycles. The number of furan rings is 1. The van der Waals surface area contributed by atoms with Gasteiger partial charge in [-0.15, -0.1) is 0 Å². The van der Waals surface area contributed by atoms with Crippen molar-refractivity contribution in [2.75, 3.05) is 6.54 Å². The number of piperidine rings is 1. The van der Waals surface area contributed by atoms with E-state index in [9.17, 15) is 9.59 Å². The van der Waals surface area contributed by atoms with Crippen LogP contribution in [0.3, 0.4) is 0 Å². The maximum absolute atomic E-state index is 14.1. The molecule has 2 fully saturated rings. The second kappa shape index (κ2) is 7.99. The minimum atomic E-state index is -0.111. The van der Waals surface area contributed by atoms with Gasteiger partial charge in [-0.1, -0.05) is 48.3 Å². The number of carbonyl (C=O) groups is 2. The van der Waals surface area contributed by atoms with E-state index in [-0.39, 0.29) is 23.7 Å². The Morgan fingerprint density at radius 1 is 1.06 bits per heavy atom. The Hall–Kier alpha value is -3.74. The number of fused-ring (bicyclic) bond motifs is 2. The summed E-state index contributed by atoms with van der Waals surface area (Å²) in [6, 6.07) is 14.9. The highest BCUT2D eigenvalue weighted by molar-refractivity contribution is 6.10. The Labute approximate surface area is 190 Å². The summed E-state index contributed by atoms with van der Waals surface area (Å²) in [5.41, 5.74) is 2.72. The number of hydrogen-bond acceptors (Lipinski definition) is 6. The second-order valence-electron chi connectivity index (χ2n) is 8.78. The summed E-state index contributed by atoms with van der Waals surface area (Å²) in [5, 5.41) is 4.87. The quantitative estimate of drug-likeness (QED) is 0.438. The first-order chi connectivity index (χ1) is 16.2. The fourth-order valence-electron chi connectivity index (χ4n) is 5.31. The molecule has 2 atom stereocenters. The molecule has 6 rings (SSSR count). The van der Waals surface area contributed by atoms with Crippen molar-refractivity contribution in [3.8, 4) is 22.7 Å². The van der Waals surface area contributed by atoms with Crippen LogP contribution in [0.5, 0.6) is 0 Å². The van der Waals surface area contributed by atoms with E-state index in [1.807, 2.05) is 35.2 Å². The minimum Gasteiger partial charge on any atom is -0.463 e. The van der Waals surface area contributed by atoms with Gasteiger partial charge in [0.05, 0.1) is 17.2 Å². The number of carbonyl (C=O) groups excluding carboxylic acids is 2. The molecule has 7 heteroatoms. The first kappa shape index (κ1) is 19.9. The molecule has 0 N–H and O–H groups in total. The monoisotopic (exact) mass is 441 g/mol. The van der Waals surface area contributed by atoms with Crippen molar-refractivity contribution in [3.05, 3.63) is 60.4 Å². The number of pyridine rings is 1. The molecular formula is C26H23N3O4. The third-order valence-corrected chi connectivity index (χ3v) is 6.90. The van der Waals surface area contributed by atoms with E-state index in [0.29, 0.717) is 46.8 Å². The van der Waals surface area contributed by atoms with Gasteiger partial charge in [0.15, 0.2) is 5.76 Å². The van der Waals surface area contributed by atoms with Crippen molar-refractivity contribution in [2.45, 2.75) is 38.1 Å². The van der Waals surface area contributed by atoms with Crippen molar-refractivity contribution in [2.24, 2.45) is 5.92 Å². The molecule has 1 aromatic carbocycles. The molecule has 2 aliphatic rings. The summed E-state index contributed by atoms with van der Waals surface area (Å²) in [4.78, 5) is 33.1. The lowest BCUT2D eigenvalue weighted by Crippen LogP contribution is -2.53. The van der Waals surface area contributed by atoms with E-state index in [4.69, 9.17) is 8.94 Å². The summed E-state index contributed by atoms with van der Waals surface area (Å²) >= 11 is 0. The van der Waals surface area contributed by atoms with E-state index < -0.39 is 0 Å². The van der Waals surface area contributed by atoms with Crippen molar-refractivity contribution in [1.29, 1.82) is 0 Å². The van der Waals surface area contributed by atoms with Gasteiger partial charge in [-0.3, -0.25) is 9.59 Å². The number of amides is 1. The molecule has 33 heavy (non-hydrogen) atoms. The Morgan fingerprint density at radius 2 is 1.91 bits per heavy atom. The maximum Gasteiger partial charge on any atom is 0.259 e. The number of benzene rings is 1. The SMILES string of the molecule is O=C1CCN(C(=O)c2cc(-c3ccco3)nc3onc(-c4ccccc4)c23)[C@H]2CCCC[C@@H]12. The first-order valence-electron chi connectivity index (χ1n) is 11.4. The third kappa shape index (κ3) is 3.35. The summed E-state index contributed by atoms with van der Waals surface area (Å²) in [7, 11) is 0. The molecule has 0 spiro atoms. The zero-order valence-electron chi connectivity index (χ0n) is 18.1. The summed E-state index contributed by atoms with van der Waals surface area (Å²) in [6.45, 7) is 0.435. The van der Waals surface area contributed by atoms with Crippen LogP contribution < -0.4 is 0 Å². The van der Waals surface area contributed by atoms with Crippen LogP contribution >= 0.6 is 0 Å². The zero-order chi connectivity index (χ0) is 22.4. The normalized spacial score (nSPS) is 20.7. The van der Waals surface area contributed by atoms with Crippen LogP contribution in [0.2, 0.25) is 0 Å². The van der Waals surface area contributed by atoms with Gasteiger partial charge < -0.3 is 13.8 Å². The third-order valence-electron chi connectivity index (χ3n) is 6.90. The van der Waals surface area contributed by atoms with Gasteiger partial charge in [-0.25, -0.2) is 4.98 Å². The van der Waals surface area contributed by atoms with Crippen LogP contribution in [0.1, 0.15) is 42.5 Å². The molecule has 1 amide bonds. The van der Waals surface area contributed by atoms with Crippen LogP contribution in [-0.4, -0.2) is 39.3 Å². The predicted molar refractivity (Wildman–Crippen MR) is 121 cm³/mol. The molecule has 3 aromatic heterocycles. The predicted octanol–water partition coefficient (Wildman–Crippen LogP) is 5.12. The van der Waals surface area contributed by atoms with E-state index in [0.717, 1.165) is 31.2 Å². The van der Waals surface area contributed by atoms with E-state index in [2.05, 4.69) is 10.1 Å². The number of nitrogens with zero attached hydrogens (tertiary/aromatic N) is 3. The Balaban J connectivity index is 1.51. The number of ketones is 1. The largest absolute Gasteiger partial charge is 0.463 e. The molecule has 4 heterocycles. The highest BCUT2D eigenvalue weighted by Gasteiger charge is 2.41. The van der Waals surface area contributed by atoms with Crippen molar-refractivity contribution in [3.63, 3.8) is 0 Å². The van der Waals surface area contributed by atoms with Gasteiger partial charge in [-0.2, -0.15) is 0 Å². The van der Waals surface area contributed by atoms with E-state index in [1.165, 1.54) is 0 Å². The molecule has 7 nitrogen and oxygen atoms in total. The fourth-order valence-corrected chi connectivity index (χ4v) is 5.31. The maximum atomic E-state index is 14.1. The molecule has 0 unspecified atom stereocenters. The van der Waals surface area contributed by atoms with Crippen LogP contribution in [0, 0.1) is 5.92 Å². The summed E-state index contributed by atoms with van der Waals surface area (Å²) in [5.74, 6) is 0.664.